The lowest BCUT2D eigenvalue weighted by molar-refractivity contribution is -0.122. The maximum absolute atomic E-state index is 12.4. The average molecular weight is 374 g/mol. The third-order valence-corrected chi connectivity index (χ3v) is 4.75. The number of benzene rings is 2. The van der Waals surface area contributed by atoms with Crippen molar-refractivity contribution in [2.45, 2.75) is 0 Å². The summed E-state index contributed by atoms with van der Waals surface area (Å²) in [7, 11) is 0. The number of imide groups is 1. The number of phenols is 1. The Bertz CT molecular complexity index is 895. The molecule has 0 spiro atoms. The molecule has 0 aromatic heterocycles. The molecule has 1 saturated heterocycles. The molecule has 1 aliphatic rings. The van der Waals surface area contributed by atoms with E-state index in [2.05, 4.69) is 0 Å². The summed E-state index contributed by atoms with van der Waals surface area (Å²) in [5.41, 5.74) is 1.01. The molecule has 3 rings (SSSR count). The van der Waals surface area contributed by atoms with Crippen molar-refractivity contribution in [2.75, 3.05) is 6.54 Å². The number of carbonyl (C=O) groups excluding carboxylic acids is 3. The highest BCUT2D eigenvalue weighted by atomic mass is 35.5. The average Bonchev–Trinajstić information content (AvgIpc) is 2.86. The molecule has 0 bridgehead atoms. The van der Waals surface area contributed by atoms with E-state index in [-0.39, 0.29) is 28.0 Å². The summed E-state index contributed by atoms with van der Waals surface area (Å²) in [6.07, 6.45) is 1.50. The fourth-order valence-corrected chi connectivity index (χ4v) is 3.29. The molecule has 0 unspecified atom stereocenters. The predicted molar refractivity (Wildman–Crippen MR) is 96.6 cm³/mol. The number of ketones is 1. The van der Waals surface area contributed by atoms with E-state index in [9.17, 15) is 19.5 Å². The molecule has 2 aromatic carbocycles. The van der Waals surface area contributed by atoms with Gasteiger partial charge in [-0.05, 0) is 35.5 Å². The van der Waals surface area contributed by atoms with E-state index in [1.54, 1.807) is 36.4 Å². The van der Waals surface area contributed by atoms with Gasteiger partial charge in [-0.2, -0.15) is 0 Å². The molecule has 0 aliphatic carbocycles. The van der Waals surface area contributed by atoms with Crippen molar-refractivity contribution >= 4 is 46.4 Å². The van der Waals surface area contributed by atoms with E-state index in [0.29, 0.717) is 11.1 Å². The standard InChI is InChI=1S/C18H12ClNO4S/c19-13-8-11(6-7-14(13)21)9-16-17(23)20(18(24)25-16)10-15(22)12-4-2-1-3-5-12/h1-9,21H,10H2/b16-9+. The Kier molecular flexibility index (Phi) is 4.92. The van der Waals surface area contributed by atoms with Gasteiger partial charge >= 0.3 is 0 Å². The van der Waals surface area contributed by atoms with Gasteiger partial charge in [0, 0.05) is 5.56 Å². The quantitative estimate of drug-likeness (QED) is 0.648. The summed E-state index contributed by atoms with van der Waals surface area (Å²) in [5.74, 6) is -0.902. The normalized spacial score (nSPS) is 15.9. The van der Waals surface area contributed by atoms with Crippen LogP contribution >= 0.6 is 23.4 Å². The maximum Gasteiger partial charge on any atom is 0.293 e. The molecule has 1 N–H and O–H groups in total. The highest BCUT2D eigenvalue weighted by molar-refractivity contribution is 8.18. The first-order valence-electron chi connectivity index (χ1n) is 7.28. The van der Waals surface area contributed by atoms with E-state index in [1.807, 2.05) is 0 Å². The van der Waals surface area contributed by atoms with Crippen LogP contribution in [0.5, 0.6) is 5.75 Å². The van der Waals surface area contributed by atoms with E-state index in [4.69, 9.17) is 11.6 Å². The number of aromatic hydroxyl groups is 1. The summed E-state index contributed by atoms with van der Waals surface area (Å²) in [4.78, 5) is 37.8. The van der Waals surface area contributed by atoms with Crippen LogP contribution in [0.1, 0.15) is 15.9 Å². The van der Waals surface area contributed by atoms with Gasteiger partial charge < -0.3 is 5.11 Å². The first-order chi connectivity index (χ1) is 12.0. The van der Waals surface area contributed by atoms with Crippen LogP contribution in [-0.4, -0.2) is 33.5 Å². The van der Waals surface area contributed by atoms with E-state index < -0.39 is 11.1 Å². The molecule has 2 amide bonds. The van der Waals surface area contributed by atoms with Crippen molar-refractivity contribution < 1.29 is 19.5 Å². The van der Waals surface area contributed by atoms with Crippen molar-refractivity contribution in [3.8, 4) is 5.75 Å². The molecular weight excluding hydrogens is 362 g/mol. The van der Waals surface area contributed by atoms with Gasteiger partial charge in [-0.15, -0.1) is 0 Å². The minimum atomic E-state index is -0.525. The highest BCUT2D eigenvalue weighted by Gasteiger charge is 2.36. The molecular formula is C18H12ClNO4S. The van der Waals surface area contributed by atoms with Gasteiger partial charge in [-0.1, -0.05) is 48.0 Å². The summed E-state index contributed by atoms with van der Waals surface area (Å²) in [6.45, 7) is -0.303. The molecule has 1 aliphatic heterocycles. The Balaban J connectivity index is 1.79. The predicted octanol–water partition coefficient (Wildman–Crippen LogP) is 3.96. The molecule has 0 saturated carbocycles. The number of Topliss-reactive ketones (excluding diaryl/α,β-unsaturated/α-hetero) is 1. The zero-order chi connectivity index (χ0) is 18.0. The fraction of sp³-hybridized carbons (Fsp3) is 0.0556. The van der Waals surface area contributed by atoms with Crippen molar-refractivity contribution in [1.29, 1.82) is 0 Å². The minimum absolute atomic E-state index is 0.0691. The second-order valence-electron chi connectivity index (χ2n) is 5.27. The van der Waals surface area contributed by atoms with Gasteiger partial charge in [0.15, 0.2) is 5.78 Å². The molecule has 1 fully saturated rings. The van der Waals surface area contributed by atoms with Crippen LogP contribution in [0, 0.1) is 0 Å². The number of halogens is 1. The van der Waals surface area contributed by atoms with Crippen molar-refractivity contribution in [2.24, 2.45) is 0 Å². The Morgan fingerprint density at radius 2 is 1.88 bits per heavy atom. The number of amides is 2. The van der Waals surface area contributed by atoms with Crippen molar-refractivity contribution in [1.82, 2.24) is 4.90 Å². The van der Waals surface area contributed by atoms with Crippen LogP contribution in [0.25, 0.3) is 6.08 Å². The molecule has 7 heteroatoms. The van der Waals surface area contributed by atoms with Gasteiger partial charge in [-0.3, -0.25) is 19.3 Å². The summed E-state index contributed by atoms with van der Waals surface area (Å²) in [6, 6.07) is 12.9. The molecule has 0 radical (unpaired) electrons. The Labute approximate surface area is 152 Å². The van der Waals surface area contributed by atoms with Gasteiger partial charge in [0.05, 0.1) is 16.5 Å². The number of carbonyl (C=O) groups is 3. The van der Waals surface area contributed by atoms with E-state index >= 15 is 0 Å². The maximum atomic E-state index is 12.4. The third-order valence-electron chi connectivity index (χ3n) is 3.54. The van der Waals surface area contributed by atoms with Crippen molar-refractivity contribution in [3.63, 3.8) is 0 Å². The van der Waals surface area contributed by atoms with Crippen LogP contribution in [0.2, 0.25) is 5.02 Å². The number of nitrogens with zero attached hydrogens (tertiary/aromatic N) is 1. The van der Waals surface area contributed by atoms with Gasteiger partial charge in [0.2, 0.25) is 0 Å². The van der Waals surface area contributed by atoms with E-state index in [1.165, 1.54) is 18.2 Å². The molecule has 1 heterocycles. The number of rotatable bonds is 4. The molecule has 0 atom stereocenters. The first kappa shape index (κ1) is 17.3. The Morgan fingerprint density at radius 3 is 2.56 bits per heavy atom. The number of hydrogen-bond donors (Lipinski definition) is 1. The van der Waals surface area contributed by atoms with Gasteiger partial charge in [0.1, 0.15) is 5.75 Å². The third kappa shape index (κ3) is 3.75. The SMILES string of the molecule is O=C(CN1C(=O)S/C(=C/c2ccc(O)c(Cl)c2)C1=O)c1ccccc1. The first-order valence-corrected chi connectivity index (χ1v) is 8.47. The highest BCUT2D eigenvalue weighted by Crippen LogP contribution is 2.33. The monoisotopic (exact) mass is 373 g/mol. The lowest BCUT2D eigenvalue weighted by Crippen LogP contribution is -2.33. The smallest absolute Gasteiger partial charge is 0.293 e. The number of hydrogen-bond acceptors (Lipinski definition) is 5. The summed E-state index contributed by atoms with van der Waals surface area (Å²) in [5, 5.41) is 9.07. The lowest BCUT2D eigenvalue weighted by atomic mass is 10.1. The van der Waals surface area contributed by atoms with Crippen molar-refractivity contribution in [3.05, 3.63) is 69.6 Å². The van der Waals surface area contributed by atoms with Crippen LogP contribution < -0.4 is 0 Å². The number of phenolic OH excluding ortho intramolecular Hbond substituents is 1. The Hall–Kier alpha value is -2.57. The van der Waals surface area contributed by atoms with Crippen LogP contribution in [0.4, 0.5) is 4.79 Å². The zero-order valence-corrected chi connectivity index (χ0v) is 14.4. The number of thioether (sulfide) groups is 1. The largest absolute Gasteiger partial charge is 0.506 e. The minimum Gasteiger partial charge on any atom is -0.506 e. The van der Waals surface area contributed by atoms with Gasteiger partial charge in [-0.25, -0.2) is 0 Å². The zero-order valence-electron chi connectivity index (χ0n) is 12.8. The molecule has 126 valence electrons. The topological polar surface area (TPSA) is 74.7 Å². The second kappa shape index (κ2) is 7.13. The van der Waals surface area contributed by atoms with Crippen LogP contribution in [0.3, 0.4) is 0 Å². The van der Waals surface area contributed by atoms with Crippen LogP contribution in [0.15, 0.2) is 53.4 Å². The Morgan fingerprint density at radius 1 is 1.16 bits per heavy atom. The van der Waals surface area contributed by atoms with Crippen LogP contribution in [-0.2, 0) is 4.79 Å². The summed E-state index contributed by atoms with van der Waals surface area (Å²) >= 11 is 6.60. The molecule has 2 aromatic rings. The van der Waals surface area contributed by atoms with Gasteiger partial charge in [0.25, 0.3) is 11.1 Å². The van der Waals surface area contributed by atoms with E-state index in [0.717, 1.165) is 16.7 Å². The molecule has 25 heavy (non-hydrogen) atoms. The molecule has 5 nitrogen and oxygen atoms in total. The fourth-order valence-electron chi connectivity index (χ4n) is 2.26. The summed E-state index contributed by atoms with van der Waals surface area (Å²) < 4.78 is 0. The second-order valence-corrected chi connectivity index (χ2v) is 6.67. The lowest BCUT2D eigenvalue weighted by Gasteiger charge is -2.11.